The van der Waals surface area contributed by atoms with E-state index in [1.807, 2.05) is 30.1 Å². The summed E-state index contributed by atoms with van der Waals surface area (Å²) in [6.07, 6.45) is 0.939. The van der Waals surface area contributed by atoms with Gasteiger partial charge in [0.2, 0.25) is 5.13 Å². The van der Waals surface area contributed by atoms with E-state index in [-0.39, 0.29) is 5.75 Å². The Kier molecular flexibility index (Phi) is 5.37. The SMILES string of the molecule is CN(CCc1ccccc1)c1nnc(SCC(=O)O)s1. The van der Waals surface area contributed by atoms with Crippen molar-refractivity contribution in [3.63, 3.8) is 0 Å². The summed E-state index contributed by atoms with van der Waals surface area (Å²) in [6, 6.07) is 10.3. The number of anilines is 1. The Morgan fingerprint density at radius 1 is 1.35 bits per heavy atom. The van der Waals surface area contributed by atoms with Gasteiger partial charge in [-0.2, -0.15) is 0 Å². The molecule has 0 bridgehead atoms. The molecule has 1 N–H and O–H groups in total. The lowest BCUT2D eigenvalue weighted by molar-refractivity contribution is -0.133. The Labute approximate surface area is 125 Å². The maximum absolute atomic E-state index is 10.5. The van der Waals surface area contributed by atoms with Crippen molar-refractivity contribution >= 4 is 34.2 Å². The average molecular weight is 309 g/mol. The summed E-state index contributed by atoms with van der Waals surface area (Å²) in [5, 5.41) is 17.5. The third-order valence-electron chi connectivity index (χ3n) is 2.62. The summed E-state index contributed by atoms with van der Waals surface area (Å²) in [6.45, 7) is 0.849. The molecule has 0 unspecified atom stereocenters. The fourth-order valence-electron chi connectivity index (χ4n) is 1.58. The molecule has 0 fully saturated rings. The van der Waals surface area contributed by atoms with Crippen molar-refractivity contribution in [3.8, 4) is 0 Å². The van der Waals surface area contributed by atoms with Crippen molar-refractivity contribution in [2.24, 2.45) is 0 Å². The second-order valence-corrected chi connectivity index (χ2v) is 6.37. The fourth-order valence-corrected chi connectivity index (χ4v) is 3.12. The molecule has 2 aromatic rings. The number of rotatable bonds is 7. The van der Waals surface area contributed by atoms with Gasteiger partial charge in [-0.15, -0.1) is 10.2 Å². The molecule has 0 radical (unpaired) electrons. The molecule has 0 saturated carbocycles. The summed E-state index contributed by atoms with van der Waals surface area (Å²) >= 11 is 2.62. The minimum absolute atomic E-state index is 0.0162. The molecule has 1 heterocycles. The number of nitrogens with zero attached hydrogens (tertiary/aromatic N) is 3. The second-order valence-electron chi connectivity index (χ2n) is 4.19. The van der Waals surface area contributed by atoms with Crippen molar-refractivity contribution in [2.45, 2.75) is 10.8 Å². The van der Waals surface area contributed by atoms with Crippen LogP contribution in [0.1, 0.15) is 5.56 Å². The molecule has 0 aliphatic carbocycles. The first kappa shape index (κ1) is 14.8. The maximum atomic E-state index is 10.5. The van der Waals surface area contributed by atoms with Crippen LogP contribution in [0.25, 0.3) is 0 Å². The van der Waals surface area contributed by atoms with Crippen molar-refractivity contribution in [1.29, 1.82) is 0 Å². The first-order chi connectivity index (χ1) is 9.65. The lowest BCUT2D eigenvalue weighted by atomic mass is 10.1. The van der Waals surface area contributed by atoms with Gasteiger partial charge in [-0.05, 0) is 12.0 Å². The van der Waals surface area contributed by atoms with E-state index in [0.717, 1.165) is 18.1 Å². The van der Waals surface area contributed by atoms with Gasteiger partial charge in [0.15, 0.2) is 4.34 Å². The zero-order chi connectivity index (χ0) is 14.4. The molecule has 0 atom stereocenters. The van der Waals surface area contributed by atoms with Crippen LogP contribution in [0.4, 0.5) is 5.13 Å². The molecule has 0 spiro atoms. The van der Waals surface area contributed by atoms with E-state index < -0.39 is 5.97 Å². The van der Waals surface area contributed by atoms with Crippen LogP contribution in [0, 0.1) is 0 Å². The predicted octanol–water partition coefficient (Wildman–Crippen LogP) is 2.39. The molecule has 106 valence electrons. The highest BCUT2D eigenvalue weighted by atomic mass is 32.2. The number of aliphatic carboxylic acids is 1. The van der Waals surface area contributed by atoms with Crippen LogP contribution < -0.4 is 4.90 Å². The van der Waals surface area contributed by atoms with Gasteiger partial charge < -0.3 is 10.0 Å². The Morgan fingerprint density at radius 2 is 2.10 bits per heavy atom. The number of hydrogen-bond acceptors (Lipinski definition) is 6. The van der Waals surface area contributed by atoms with Gasteiger partial charge in [0, 0.05) is 13.6 Å². The number of carbonyl (C=O) groups is 1. The molecule has 20 heavy (non-hydrogen) atoms. The summed E-state index contributed by atoms with van der Waals surface area (Å²) in [4.78, 5) is 12.5. The van der Waals surface area contributed by atoms with Crippen LogP contribution >= 0.6 is 23.1 Å². The van der Waals surface area contributed by atoms with E-state index in [2.05, 4.69) is 22.3 Å². The number of aromatic nitrogens is 2. The molecule has 0 amide bonds. The average Bonchev–Trinajstić information content (AvgIpc) is 2.92. The Morgan fingerprint density at radius 3 is 2.80 bits per heavy atom. The van der Waals surface area contributed by atoms with Gasteiger partial charge in [0.25, 0.3) is 0 Å². The lowest BCUT2D eigenvalue weighted by Gasteiger charge is -2.14. The summed E-state index contributed by atoms with van der Waals surface area (Å²) in [5.74, 6) is -0.827. The van der Waals surface area contributed by atoms with Crippen molar-refractivity contribution < 1.29 is 9.90 Å². The first-order valence-corrected chi connectivity index (χ1v) is 7.88. The van der Waals surface area contributed by atoms with Crippen LogP contribution in [-0.2, 0) is 11.2 Å². The van der Waals surface area contributed by atoms with Crippen molar-refractivity contribution in [2.75, 3.05) is 24.2 Å². The number of benzene rings is 1. The van der Waals surface area contributed by atoms with Gasteiger partial charge in [0.1, 0.15) is 0 Å². The lowest BCUT2D eigenvalue weighted by Crippen LogP contribution is -2.20. The van der Waals surface area contributed by atoms with Gasteiger partial charge >= 0.3 is 5.97 Å². The molecule has 1 aromatic heterocycles. The number of carboxylic acids is 1. The van der Waals surface area contributed by atoms with E-state index in [1.165, 1.54) is 28.7 Å². The first-order valence-electron chi connectivity index (χ1n) is 6.08. The summed E-state index contributed by atoms with van der Waals surface area (Å²) in [7, 11) is 1.97. The van der Waals surface area contributed by atoms with Crippen LogP contribution in [0.3, 0.4) is 0 Å². The van der Waals surface area contributed by atoms with Gasteiger partial charge in [-0.25, -0.2) is 0 Å². The number of thioether (sulfide) groups is 1. The van der Waals surface area contributed by atoms with Gasteiger partial charge in [0.05, 0.1) is 5.75 Å². The zero-order valence-corrected chi connectivity index (χ0v) is 12.7. The molecule has 7 heteroatoms. The van der Waals surface area contributed by atoms with Crippen LogP contribution in [0.2, 0.25) is 0 Å². The predicted molar refractivity (Wildman–Crippen MR) is 81.7 cm³/mol. The third kappa shape index (κ3) is 4.50. The molecular weight excluding hydrogens is 294 g/mol. The number of likely N-dealkylation sites (N-methyl/N-ethyl adjacent to an activating group) is 1. The molecule has 1 aromatic carbocycles. The molecule has 2 rings (SSSR count). The van der Waals surface area contributed by atoms with E-state index in [9.17, 15) is 4.79 Å². The Hall–Kier alpha value is -1.60. The highest BCUT2D eigenvalue weighted by molar-refractivity contribution is 8.01. The maximum Gasteiger partial charge on any atom is 0.313 e. The number of hydrogen-bond donors (Lipinski definition) is 1. The summed E-state index contributed by atoms with van der Waals surface area (Å²) < 4.78 is 0.689. The van der Waals surface area contributed by atoms with E-state index in [1.54, 1.807) is 0 Å². The Bertz CT molecular complexity index is 560. The van der Waals surface area contributed by atoms with E-state index in [4.69, 9.17) is 5.11 Å². The quantitative estimate of drug-likeness (QED) is 0.792. The van der Waals surface area contributed by atoms with Crippen molar-refractivity contribution in [1.82, 2.24) is 10.2 Å². The highest BCUT2D eigenvalue weighted by Crippen LogP contribution is 2.27. The van der Waals surface area contributed by atoms with E-state index >= 15 is 0 Å². The summed E-state index contributed by atoms with van der Waals surface area (Å²) in [5.41, 5.74) is 1.28. The zero-order valence-electron chi connectivity index (χ0n) is 11.0. The molecule has 5 nitrogen and oxygen atoms in total. The largest absolute Gasteiger partial charge is 0.481 e. The topological polar surface area (TPSA) is 66.3 Å². The van der Waals surface area contributed by atoms with E-state index in [0.29, 0.717) is 4.34 Å². The second kappa shape index (κ2) is 7.25. The monoisotopic (exact) mass is 309 g/mol. The van der Waals surface area contributed by atoms with Crippen LogP contribution in [0.5, 0.6) is 0 Å². The molecule has 0 aliphatic heterocycles. The number of carboxylic acid groups (broad SMARTS) is 1. The third-order valence-corrected chi connectivity index (χ3v) is 4.78. The van der Waals surface area contributed by atoms with Gasteiger partial charge in [-0.3, -0.25) is 4.79 Å². The fraction of sp³-hybridized carbons (Fsp3) is 0.308. The molecule has 0 saturated heterocycles. The van der Waals surface area contributed by atoms with Crippen LogP contribution in [-0.4, -0.2) is 40.6 Å². The van der Waals surface area contributed by atoms with Crippen LogP contribution in [0.15, 0.2) is 34.7 Å². The minimum Gasteiger partial charge on any atom is -0.481 e. The highest BCUT2D eigenvalue weighted by Gasteiger charge is 2.10. The Balaban J connectivity index is 1.86. The molecular formula is C13H15N3O2S2. The van der Waals surface area contributed by atoms with Gasteiger partial charge in [-0.1, -0.05) is 53.4 Å². The normalized spacial score (nSPS) is 10.4. The minimum atomic E-state index is -0.843. The standard InChI is InChI=1S/C13H15N3O2S2/c1-16(8-7-10-5-3-2-4-6-10)12-14-15-13(20-12)19-9-11(17)18/h2-6H,7-9H2,1H3,(H,17,18). The van der Waals surface area contributed by atoms with Crippen molar-refractivity contribution in [3.05, 3.63) is 35.9 Å². The smallest absolute Gasteiger partial charge is 0.313 e. The molecule has 0 aliphatic rings.